The van der Waals surface area contributed by atoms with Crippen LogP contribution in [0.3, 0.4) is 0 Å². The van der Waals surface area contributed by atoms with Crippen LogP contribution in [0, 0.1) is 17.8 Å². The Kier molecular flexibility index (Phi) is 20.8. The molecule has 4 amide bonds. The van der Waals surface area contributed by atoms with Gasteiger partial charge in [0.1, 0.15) is 6.10 Å². The number of nitrogens with two attached hydrogens (primary N) is 2. The number of carbonyl (C=O) groups is 4. The molecular weight excluding hydrogens is 1280 g/mol. The van der Waals surface area contributed by atoms with Crippen LogP contribution in [0.15, 0.2) is 73.9 Å². The van der Waals surface area contributed by atoms with Crippen LogP contribution in [0.1, 0.15) is 286 Å². The molecule has 8 aromatic heterocycles. The molecule has 9 heterocycles. The number of allylic oxidation sites excluding steroid dienone is 6. The number of carbonyl (C=O) groups excluding carboxylic acids is 4. The largest absolute Gasteiger partial charge is 0.383 e. The van der Waals surface area contributed by atoms with E-state index in [4.69, 9.17) is 31.4 Å². The molecule has 0 spiro atoms. The fourth-order valence-electron chi connectivity index (χ4n) is 17.5. The number of aliphatic hydroxyl groups is 1. The number of fused-ring (bicyclic) bond motifs is 12. The molecule has 8 aromatic rings. The Bertz CT molecular complexity index is 4430. The van der Waals surface area contributed by atoms with E-state index in [9.17, 15) is 24.3 Å². The van der Waals surface area contributed by atoms with Gasteiger partial charge in [0.2, 0.25) is 17.7 Å². The number of likely N-dealkylation sites (tertiary alicyclic amines) is 1. The molecule has 3 atom stereocenters. The monoisotopic (exact) mass is 1380 g/mol. The van der Waals surface area contributed by atoms with Gasteiger partial charge in [-0.25, -0.2) is 19.9 Å². The van der Waals surface area contributed by atoms with Crippen LogP contribution < -0.4 is 16.8 Å². The molecule has 18 rings (SSSR count). The smallest absolute Gasteiger partial charge is 0.251 e. The van der Waals surface area contributed by atoms with Gasteiger partial charge in [0.15, 0.2) is 22.6 Å². The standard InChI is InChI=1S/C22H28N4O2.C21H26N4O.2C19H24N4O/c27-19(22(28)25-10-4-5-11-25)12-16-8-9-17-21(16)26-14-18(24-20(26)13-23-17)15-6-2-1-3-7-15;26-20(10-14-6-7-14)23-11-16-8-9-17-21(16)25-13-18(24-19(25)12-22-17)15-4-2-1-3-5-15;2*1-12(19(20)24)9-14-7-8-15-18(14)23-11-16(22-17(23)10-21-15)13-5-3-2-4-6-13/h8,13-15,19,27H,1-7,9-12H2;8,12-15H,1-7,9-11H2,(H,23,26);2*7,10-13H,2-6,8-9H2,1H3,(H2,20,24). The van der Waals surface area contributed by atoms with Crippen LogP contribution in [0.4, 0.5) is 0 Å². The molecule has 3 unspecified atom stereocenters. The third-order valence-corrected chi connectivity index (χ3v) is 23.7. The van der Waals surface area contributed by atoms with Crippen molar-refractivity contribution in [1.82, 2.24) is 67.7 Å². The van der Waals surface area contributed by atoms with Crippen molar-refractivity contribution in [2.24, 2.45) is 29.2 Å². The van der Waals surface area contributed by atoms with Crippen LogP contribution in [0.2, 0.25) is 0 Å². The molecule has 9 aliphatic carbocycles. The molecule has 1 aliphatic heterocycles. The second-order valence-corrected chi connectivity index (χ2v) is 31.1. The summed E-state index contributed by atoms with van der Waals surface area (Å²) in [5.41, 5.74) is 32.5. The van der Waals surface area contributed by atoms with Crippen molar-refractivity contribution in [2.75, 3.05) is 19.6 Å². The fraction of sp³-hybridized carbons (Fsp3) is 0.556. The predicted molar refractivity (Wildman–Crippen MR) is 395 cm³/mol. The summed E-state index contributed by atoms with van der Waals surface area (Å²) in [6.07, 6.45) is 59.7. The maximum atomic E-state index is 12.5. The van der Waals surface area contributed by atoms with Gasteiger partial charge in [0.05, 0.1) is 93.1 Å². The second-order valence-electron chi connectivity index (χ2n) is 31.1. The first kappa shape index (κ1) is 69.0. The summed E-state index contributed by atoms with van der Waals surface area (Å²) < 4.78 is 8.70. The molecule has 0 radical (unpaired) electrons. The Morgan fingerprint density at radius 2 is 0.755 bits per heavy atom. The second kappa shape index (κ2) is 30.7. The Morgan fingerprint density at radius 3 is 1.08 bits per heavy atom. The first-order valence-corrected chi connectivity index (χ1v) is 38.8. The van der Waals surface area contributed by atoms with Gasteiger partial charge < -0.3 is 26.8 Å². The highest BCUT2D eigenvalue weighted by atomic mass is 16.3. The fourth-order valence-corrected chi connectivity index (χ4v) is 17.5. The Balaban J connectivity index is 0.000000110. The minimum absolute atomic E-state index is 0.138. The third kappa shape index (κ3) is 15.1. The van der Waals surface area contributed by atoms with Gasteiger partial charge in [0, 0.05) is 118 Å². The molecule has 0 bridgehead atoms. The first-order valence-electron chi connectivity index (χ1n) is 38.8. The molecule has 21 nitrogen and oxygen atoms in total. The van der Waals surface area contributed by atoms with Crippen LogP contribution in [-0.4, -0.2) is 117 Å². The SMILES string of the molecule is CC(CC1=CCc2ncc3nc(C4CCCCC4)cn3c21)C(N)=O.CC(CC1=CCc2ncc3nc(C4CCCCC4)cn3c21)C(N)=O.O=C(C(O)CC1=CCc2ncc3nc(C4CCCCC4)cn3c21)N1CCCC1.O=C(CC1CC1)NCC1=CCc2ncc3nc(C4CCCCC4)cn3c21. The Hall–Kier alpha value is -8.72. The third-order valence-electron chi connectivity index (χ3n) is 23.7. The van der Waals surface area contributed by atoms with E-state index in [0.29, 0.717) is 61.8 Å². The van der Waals surface area contributed by atoms with Crippen molar-refractivity contribution in [3.63, 3.8) is 0 Å². The van der Waals surface area contributed by atoms with Crippen molar-refractivity contribution >= 4 is 68.5 Å². The summed E-state index contributed by atoms with van der Waals surface area (Å²) in [5, 5.41) is 13.7. The number of aliphatic hydroxyl groups excluding tert-OH is 1. The summed E-state index contributed by atoms with van der Waals surface area (Å²) in [7, 11) is 0. The van der Waals surface area contributed by atoms with Gasteiger partial charge in [-0.1, -0.05) is 115 Å². The van der Waals surface area contributed by atoms with Crippen molar-refractivity contribution in [1.29, 1.82) is 0 Å². The number of nitrogens with one attached hydrogen (secondary N) is 1. The molecule has 1 saturated heterocycles. The van der Waals surface area contributed by atoms with Crippen LogP contribution in [0.5, 0.6) is 0 Å². The van der Waals surface area contributed by atoms with E-state index in [1.807, 2.05) is 38.6 Å². The zero-order valence-electron chi connectivity index (χ0n) is 59.8. The molecule has 5 saturated carbocycles. The maximum absolute atomic E-state index is 12.5. The number of primary amides is 2. The van der Waals surface area contributed by atoms with E-state index >= 15 is 0 Å². The van der Waals surface area contributed by atoms with Crippen molar-refractivity contribution in [2.45, 2.75) is 249 Å². The van der Waals surface area contributed by atoms with Crippen molar-refractivity contribution in [3.05, 3.63) is 142 Å². The predicted octanol–water partition coefficient (Wildman–Crippen LogP) is 13.2. The minimum Gasteiger partial charge on any atom is -0.383 e. The summed E-state index contributed by atoms with van der Waals surface area (Å²) in [5.74, 6) is 2.11. The lowest BCUT2D eigenvalue weighted by atomic mass is 9.87. The number of imidazole rings is 4. The summed E-state index contributed by atoms with van der Waals surface area (Å²) in [4.78, 5) is 87.1. The van der Waals surface area contributed by atoms with E-state index in [1.165, 1.54) is 175 Å². The Morgan fingerprint density at radius 1 is 0.441 bits per heavy atom. The highest BCUT2D eigenvalue weighted by Gasteiger charge is 2.33. The molecule has 6 N–H and O–H groups in total. The average Bonchev–Trinajstić information content (AvgIpc) is 1.64. The first-order chi connectivity index (χ1) is 49.7. The van der Waals surface area contributed by atoms with E-state index in [2.05, 4.69) is 91.9 Å². The van der Waals surface area contributed by atoms with Crippen LogP contribution >= 0.6 is 0 Å². The lowest BCUT2D eigenvalue weighted by Crippen LogP contribution is -2.37. The normalized spacial score (nSPS) is 20.0. The zero-order chi connectivity index (χ0) is 70.0. The number of rotatable bonds is 17. The van der Waals surface area contributed by atoms with Crippen LogP contribution in [-0.2, 0) is 44.9 Å². The van der Waals surface area contributed by atoms with Gasteiger partial charge in [0.25, 0.3) is 5.91 Å². The molecule has 10 aliphatic rings. The molecule has 6 fully saturated rings. The van der Waals surface area contributed by atoms with Crippen LogP contribution in [0.25, 0.3) is 44.9 Å². The topological polar surface area (TPSA) is 277 Å². The summed E-state index contributed by atoms with van der Waals surface area (Å²) in [6.45, 7) is 5.90. The zero-order valence-corrected chi connectivity index (χ0v) is 59.8. The van der Waals surface area contributed by atoms with Gasteiger partial charge >= 0.3 is 0 Å². The maximum Gasteiger partial charge on any atom is 0.251 e. The quantitative estimate of drug-likeness (QED) is 0.0661. The van der Waals surface area contributed by atoms with Crippen molar-refractivity contribution < 1.29 is 24.3 Å². The molecule has 0 aromatic carbocycles. The Labute approximate surface area is 597 Å². The number of nitrogens with zero attached hydrogens (tertiary/aromatic N) is 13. The lowest BCUT2D eigenvalue weighted by molar-refractivity contribution is -0.138. The number of aromatic nitrogens is 12. The highest BCUT2D eigenvalue weighted by Crippen LogP contribution is 2.41. The number of hydrogen-bond acceptors (Lipinski definition) is 13. The average molecular weight is 1380 g/mol. The minimum atomic E-state index is -0.980. The summed E-state index contributed by atoms with van der Waals surface area (Å²) in [6, 6.07) is 0. The highest BCUT2D eigenvalue weighted by molar-refractivity contribution is 5.85. The van der Waals surface area contributed by atoms with Crippen molar-refractivity contribution in [3.8, 4) is 0 Å². The van der Waals surface area contributed by atoms with E-state index in [1.54, 1.807) is 4.90 Å². The lowest BCUT2D eigenvalue weighted by Gasteiger charge is -2.20. The van der Waals surface area contributed by atoms with E-state index < -0.39 is 6.10 Å². The molecule has 536 valence electrons. The van der Waals surface area contributed by atoms with Gasteiger partial charge in [-0.15, -0.1) is 0 Å². The van der Waals surface area contributed by atoms with E-state index in [0.717, 1.165) is 131 Å². The molecular formula is C81H102N16O5. The number of amides is 4. The molecule has 21 heteroatoms. The van der Waals surface area contributed by atoms with Gasteiger partial charge in [-0.05, 0) is 118 Å². The summed E-state index contributed by atoms with van der Waals surface area (Å²) >= 11 is 0. The van der Waals surface area contributed by atoms with Gasteiger partial charge in [-0.3, -0.25) is 56.7 Å². The molecule has 102 heavy (non-hydrogen) atoms. The van der Waals surface area contributed by atoms with Gasteiger partial charge in [-0.2, -0.15) is 0 Å². The number of hydrogen-bond donors (Lipinski definition) is 4. The van der Waals surface area contributed by atoms with E-state index in [-0.39, 0.29) is 35.5 Å².